The first kappa shape index (κ1) is 18.3. The van der Waals surface area contributed by atoms with Gasteiger partial charge in [-0.05, 0) is 64.6 Å². The summed E-state index contributed by atoms with van der Waals surface area (Å²) in [6.07, 6.45) is 8.54. The number of rotatable bonds is 8. The molecular formula is C22H31NO2. The van der Waals surface area contributed by atoms with E-state index in [1.807, 2.05) is 30.3 Å². The van der Waals surface area contributed by atoms with E-state index < -0.39 is 6.10 Å². The highest BCUT2D eigenvalue weighted by molar-refractivity contribution is 5.98. The van der Waals surface area contributed by atoms with E-state index in [1.165, 1.54) is 24.8 Å². The van der Waals surface area contributed by atoms with Crippen molar-refractivity contribution in [2.45, 2.75) is 44.6 Å². The quantitative estimate of drug-likeness (QED) is 0.442. The lowest BCUT2D eigenvalue weighted by Crippen LogP contribution is -2.28. The molecule has 1 fully saturated rings. The number of carbonyl (C=O) groups is 1. The van der Waals surface area contributed by atoms with Crippen LogP contribution in [0.25, 0.3) is 0 Å². The first-order valence-corrected chi connectivity index (χ1v) is 9.68. The number of carbonyl (C=O) groups excluding carboxylic acids is 1. The highest BCUT2D eigenvalue weighted by Crippen LogP contribution is 2.48. The average Bonchev–Trinajstić information content (AvgIpc) is 3.10. The van der Waals surface area contributed by atoms with Gasteiger partial charge in [-0.15, -0.1) is 0 Å². The third-order valence-corrected chi connectivity index (χ3v) is 5.85. The molecular weight excluding hydrogens is 310 g/mol. The van der Waals surface area contributed by atoms with Crippen LogP contribution in [-0.4, -0.2) is 42.5 Å². The maximum Gasteiger partial charge on any atom is 0.168 e. The van der Waals surface area contributed by atoms with Crippen molar-refractivity contribution in [3.05, 3.63) is 47.5 Å². The number of aliphatic hydroxyl groups is 1. The number of hydrogen-bond acceptors (Lipinski definition) is 3. The normalized spacial score (nSPS) is 28.2. The van der Waals surface area contributed by atoms with Gasteiger partial charge in [0.1, 0.15) is 0 Å². The molecule has 0 amide bonds. The van der Waals surface area contributed by atoms with Crippen molar-refractivity contribution in [1.82, 2.24) is 4.90 Å². The number of fused-ring (bicyclic) bond motifs is 1. The van der Waals surface area contributed by atoms with Gasteiger partial charge in [-0.25, -0.2) is 0 Å². The van der Waals surface area contributed by atoms with Gasteiger partial charge in [0.05, 0.1) is 12.0 Å². The SMILES string of the molecule is CN(C)CCCCCC1=C[C@H]2C[C@@H](O)[C@H](C(=O)c3ccccc3)[C@H]2C1. The van der Waals surface area contributed by atoms with Gasteiger partial charge in [0.15, 0.2) is 5.78 Å². The summed E-state index contributed by atoms with van der Waals surface area (Å²) in [5.74, 6) is 0.597. The molecule has 25 heavy (non-hydrogen) atoms. The van der Waals surface area contributed by atoms with Gasteiger partial charge in [0.2, 0.25) is 0 Å². The zero-order valence-electron chi connectivity index (χ0n) is 15.5. The van der Waals surface area contributed by atoms with Crippen LogP contribution < -0.4 is 0 Å². The number of aliphatic hydroxyl groups excluding tert-OH is 1. The van der Waals surface area contributed by atoms with Crippen LogP contribution in [0.3, 0.4) is 0 Å². The minimum absolute atomic E-state index is 0.126. The van der Waals surface area contributed by atoms with E-state index in [4.69, 9.17) is 0 Å². The van der Waals surface area contributed by atoms with Gasteiger partial charge in [-0.1, -0.05) is 48.4 Å². The molecule has 0 aromatic heterocycles. The van der Waals surface area contributed by atoms with Gasteiger partial charge >= 0.3 is 0 Å². The van der Waals surface area contributed by atoms with Crippen LogP contribution >= 0.6 is 0 Å². The van der Waals surface area contributed by atoms with Gasteiger partial charge in [-0.2, -0.15) is 0 Å². The molecule has 4 atom stereocenters. The standard InChI is InChI=1S/C22H31NO2/c1-23(2)12-8-4-5-9-16-13-18-15-20(24)21(19(18)14-16)22(25)17-10-6-3-7-11-17/h3,6-7,10-11,13,18-21,24H,4-5,8-9,12,14-15H2,1-2H3/t18-,19-,20+,21+/m0/s1. The van der Waals surface area contributed by atoms with Crippen LogP contribution in [-0.2, 0) is 0 Å². The summed E-state index contributed by atoms with van der Waals surface area (Å²) in [6.45, 7) is 1.16. The minimum Gasteiger partial charge on any atom is -0.392 e. The van der Waals surface area contributed by atoms with E-state index in [9.17, 15) is 9.90 Å². The lowest BCUT2D eigenvalue weighted by atomic mass is 9.84. The molecule has 0 unspecified atom stereocenters. The van der Waals surface area contributed by atoms with E-state index in [0.717, 1.165) is 31.4 Å². The number of hydrogen-bond donors (Lipinski definition) is 1. The minimum atomic E-state index is -0.486. The van der Waals surface area contributed by atoms with Crippen molar-refractivity contribution in [3.63, 3.8) is 0 Å². The van der Waals surface area contributed by atoms with Crippen molar-refractivity contribution in [3.8, 4) is 0 Å². The van der Waals surface area contributed by atoms with E-state index in [1.54, 1.807) is 0 Å². The predicted octanol–water partition coefficient (Wildman–Crippen LogP) is 3.93. The molecule has 3 heteroatoms. The van der Waals surface area contributed by atoms with Crippen molar-refractivity contribution < 1.29 is 9.90 Å². The smallest absolute Gasteiger partial charge is 0.168 e. The molecule has 3 nitrogen and oxygen atoms in total. The largest absolute Gasteiger partial charge is 0.392 e. The maximum absolute atomic E-state index is 12.9. The number of nitrogens with zero attached hydrogens (tertiary/aromatic N) is 1. The van der Waals surface area contributed by atoms with E-state index >= 15 is 0 Å². The number of Topliss-reactive ketones (excluding diaryl/α,β-unsaturated/α-hetero) is 1. The molecule has 2 aliphatic rings. The van der Waals surface area contributed by atoms with Gasteiger partial charge in [-0.3, -0.25) is 4.79 Å². The lowest BCUT2D eigenvalue weighted by Gasteiger charge is -2.20. The Hall–Kier alpha value is -1.45. The lowest BCUT2D eigenvalue weighted by molar-refractivity contribution is 0.0696. The molecule has 0 spiro atoms. The Labute approximate surface area is 151 Å². The van der Waals surface area contributed by atoms with Crippen molar-refractivity contribution in [1.29, 1.82) is 0 Å². The summed E-state index contributed by atoms with van der Waals surface area (Å²) in [7, 11) is 4.24. The number of allylic oxidation sites excluding steroid dienone is 2. The zero-order chi connectivity index (χ0) is 17.8. The molecule has 0 heterocycles. The first-order chi connectivity index (χ1) is 12.1. The van der Waals surface area contributed by atoms with E-state index in [2.05, 4.69) is 25.1 Å². The highest BCUT2D eigenvalue weighted by atomic mass is 16.3. The number of ketones is 1. The molecule has 3 rings (SSSR count). The molecule has 1 aromatic rings. The second-order valence-corrected chi connectivity index (χ2v) is 8.03. The zero-order valence-corrected chi connectivity index (χ0v) is 15.5. The Balaban J connectivity index is 1.54. The summed E-state index contributed by atoms with van der Waals surface area (Å²) >= 11 is 0. The predicted molar refractivity (Wildman–Crippen MR) is 102 cm³/mol. The van der Waals surface area contributed by atoms with Crippen LogP contribution in [0.2, 0.25) is 0 Å². The molecule has 1 aromatic carbocycles. The van der Waals surface area contributed by atoms with Crippen LogP contribution in [0.5, 0.6) is 0 Å². The van der Waals surface area contributed by atoms with Crippen molar-refractivity contribution in [2.24, 2.45) is 17.8 Å². The highest BCUT2D eigenvalue weighted by Gasteiger charge is 2.47. The Morgan fingerprint density at radius 1 is 1.16 bits per heavy atom. The second kappa shape index (κ2) is 8.29. The third kappa shape index (κ3) is 4.39. The van der Waals surface area contributed by atoms with Crippen LogP contribution in [0.1, 0.15) is 48.9 Å². The van der Waals surface area contributed by atoms with Gasteiger partial charge < -0.3 is 10.0 Å². The Bertz CT molecular complexity index is 608. The molecule has 0 aliphatic heterocycles. The average molecular weight is 341 g/mol. The van der Waals surface area contributed by atoms with Crippen molar-refractivity contribution >= 4 is 5.78 Å². The Morgan fingerprint density at radius 3 is 2.64 bits per heavy atom. The van der Waals surface area contributed by atoms with E-state index in [0.29, 0.717) is 11.8 Å². The summed E-state index contributed by atoms with van der Waals surface area (Å²) in [4.78, 5) is 15.1. The van der Waals surface area contributed by atoms with Crippen LogP contribution in [0.4, 0.5) is 0 Å². The van der Waals surface area contributed by atoms with Crippen LogP contribution in [0, 0.1) is 17.8 Å². The fourth-order valence-corrected chi connectivity index (χ4v) is 4.60. The number of unbranched alkanes of at least 4 members (excludes halogenated alkanes) is 2. The molecule has 2 aliphatic carbocycles. The first-order valence-electron chi connectivity index (χ1n) is 9.68. The molecule has 0 saturated heterocycles. The number of benzene rings is 1. The summed E-state index contributed by atoms with van der Waals surface area (Å²) in [6, 6.07) is 9.47. The Kier molecular flexibility index (Phi) is 6.08. The summed E-state index contributed by atoms with van der Waals surface area (Å²) in [5.41, 5.74) is 2.25. The molecule has 136 valence electrons. The van der Waals surface area contributed by atoms with Gasteiger partial charge in [0.25, 0.3) is 0 Å². The fourth-order valence-electron chi connectivity index (χ4n) is 4.60. The fraction of sp³-hybridized carbons (Fsp3) is 0.591. The molecule has 0 bridgehead atoms. The Morgan fingerprint density at radius 2 is 1.92 bits per heavy atom. The van der Waals surface area contributed by atoms with Crippen LogP contribution in [0.15, 0.2) is 42.0 Å². The second-order valence-electron chi connectivity index (χ2n) is 8.03. The van der Waals surface area contributed by atoms with Crippen molar-refractivity contribution in [2.75, 3.05) is 20.6 Å². The molecule has 1 N–H and O–H groups in total. The topological polar surface area (TPSA) is 40.5 Å². The van der Waals surface area contributed by atoms with Gasteiger partial charge in [0, 0.05) is 5.56 Å². The van der Waals surface area contributed by atoms with E-state index in [-0.39, 0.29) is 11.7 Å². The summed E-state index contributed by atoms with van der Waals surface area (Å²) < 4.78 is 0. The monoisotopic (exact) mass is 341 g/mol. The molecule has 0 radical (unpaired) electrons. The third-order valence-electron chi connectivity index (χ3n) is 5.85. The summed E-state index contributed by atoms with van der Waals surface area (Å²) in [5, 5.41) is 10.5. The molecule has 1 saturated carbocycles. The maximum atomic E-state index is 12.9.